The van der Waals surface area contributed by atoms with Crippen LogP contribution in [0.15, 0.2) is 0 Å². The first-order valence-corrected chi connectivity index (χ1v) is 6.60. The molecule has 1 heterocycles. The van der Waals surface area contributed by atoms with Crippen LogP contribution in [0.2, 0.25) is 0 Å². The van der Waals surface area contributed by atoms with E-state index in [1.54, 1.807) is 0 Å². The van der Waals surface area contributed by atoms with Gasteiger partial charge >= 0.3 is 0 Å². The van der Waals surface area contributed by atoms with Crippen molar-refractivity contribution in [3.63, 3.8) is 0 Å². The van der Waals surface area contributed by atoms with Crippen molar-refractivity contribution in [2.24, 2.45) is 0 Å². The van der Waals surface area contributed by atoms with Gasteiger partial charge in [-0.2, -0.15) is 0 Å². The van der Waals surface area contributed by atoms with Gasteiger partial charge in [0.05, 0.1) is 0 Å². The Morgan fingerprint density at radius 2 is 2.13 bits per heavy atom. The third-order valence-corrected chi connectivity index (χ3v) is 3.84. The lowest BCUT2D eigenvalue weighted by atomic mass is 9.97. The molecule has 0 saturated carbocycles. The average Bonchev–Trinajstić information content (AvgIpc) is 2.42. The first kappa shape index (κ1) is 13.0. The highest BCUT2D eigenvalue weighted by Gasteiger charge is 2.28. The molecular formula is C13H28N2. The minimum atomic E-state index is 0.332. The van der Waals surface area contributed by atoms with Gasteiger partial charge < -0.3 is 5.32 Å². The fourth-order valence-corrected chi connectivity index (χ4v) is 2.47. The molecule has 0 radical (unpaired) electrons. The largest absolute Gasteiger partial charge is 0.310 e. The predicted molar refractivity (Wildman–Crippen MR) is 67.3 cm³/mol. The number of nitrogens with zero attached hydrogens (tertiary/aromatic N) is 1. The average molecular weight is 212 g/mol. The van der Waals surface area contributed by atoms with E-state index >= 15 is 0 Å². The zero-order valence-electron chi connectivity index (χ0n) is 11.0. The molecule has 0 aromatic carbocycles. The smallest absolute Gasteiger partial charge is 0.0277 e. The van der Waals surface area contributed by atoms with Crippen LogP contribution in [0.25, 0.3) is 0 Å². The van der Waals surface area contributed by atoms with E-state index in [4.69, 9.17) is 0 Å². The van der Waals surface area contributed by atoms with Gasteiger partial charge in [-0.05, 0) is 46.2 Å². The van der Waals surface area contributed by atoms with Crippen LogP contribution < -0.4 is 5.32 Å². The molecule has 1 fully saturated rings. The summed E-state index contributed by atoms with van der Waals surface area (Å²) in [5, 5.41) is 3.69. The molecule has 2 nitrogen and oxygen atoms in total. The van der Waals surface area contributed by atoms with E-state index in [0.29, 0.717) is 5.54 Å². The van der Waals surface area contributed by atoms with Crippen molar-refractivity contribution < 1.29 is 0 Å². The van der Waals surface area contributed by atoms with Crippen molar-refractivity contribution in [1.29, 1.82) is 0 Å². The summed E-state index contributed by atoms with van der Waals surface area (Å²) in [7, 11) is 0. The van der Waals surface area contributed by atoms with Crippen molar-refractivity contribution in [3.05, 3.63) is 0 Å². The molecule has 1 aliphatic rings. The second kappa shape index (κ2) is 5.86. The van der Waals surface area contributed by atoms with Gasteiger partial charge in [0.1, 0.15) is 0 Å². The third kappa shape index (κ3) is 3.76. The Labute approximate surface area is 95.4 Å². The SMILES string of the molecule is CCCC(C)N1CCCNC(C)(CC)C1. The Bertz CT molecular complexity index is 181. The first-order valence-electron chi connectivity index (χ1n) is 6.60. The van der Waals surface area contributed by atoms with Crippen LogP contribution in [-0.2, 0) is 0 Å². The van der Waals surface area contributed by atoms with Crippen LogP contribution in [0.5, 0.6) is 0 Å². The lowest BCUT2D eigenvalue weighted by Crippen LogP contribution is -2.50. The normalized spacial score (nSPS) is 31.2. The molecule has 90 valence electrons. The van der Waals surface area contributed by atoms with Crippen LogP contribution >= 0.6 is 0 Å². The number of rotatable bonds is 4. The van der Waals surface area contributed by atoms with Gasteiger partial charge in [-0.15, -0.1) is 0 Å². The second-order valence-corrected chi connectivity index (χ2v) is 5.30. The maximum atomic E-state index is 3.69. The number of hydrogen-bond donors (Lipinski definition) is 1. The van der Waals surface area contributed by atoms with Gasteiger partial charge in [0.2, 0.25) is 0 Å². The van der Waals surface area contributed by atoms with Crippen LogP contribution in [0.4, 0.5) is 0 Å². The van der Waals surface area contributed by atoms with E-state index in [-0.39, 0.29) is 0 Å². The monoisotopic (exact) mass is 212 g/mol. The lowest BCUT2D eigenvalue weighted by Gasteiger charge is -2.35. The minimum absolute atomic E-state index is 0.332. The van der Waals surface area contributed by atoms with E-state index in [1.165, 1.54) is 45.3 Å². The third-order valence-electron chi connectivity index (χ3n) is 3.84. The fourth-order valence-electron chi connectivity index (χ4n) is 2.47. The van der Waals surface area contributed by atoms with Crippen molar-refractivity contribution in [2.45, 2.75) is 65.0 Å². The predicted octanol–water partition coefficient (Wildman–Crippen LogP) is 2.64. The van der Waals surface area contributed by atoms with Crippen LogP contribution in [0.1, 0.15) is 53.4 Å². The summed E-state index contributed by atoms with van der Waals surface area (Å²) < 4.78 is 0. The minimum Gasteiger partial charge on any atom is -0.310 e. The molecule has 0 amide bonds. The summed E-state index contributed by atoms with van der Waals surface area (Å²) in [4.78, 5) is 2.67. The molecule has 1 saturated heterocycles. The maximum absolute atomic E-state index is 3.69. The van der Waals surface area contributed by atoms with Crippen LogP contribution in [0, 0.1) is 0 Å². The highest BCUT2D eigenvalue weighted by Crippen LogP contribution is 2.18. The van der Waals surface area contributed by atoms with Gasteiger partial charge in [-0.3, -0.25) is 4.90 Å². The molecule has 1 aliphatic heterocycles. The maximum Gasteiger partial charge on any atom is 0.0277 e. The zero-order valence-corrected chi connectivity index (χ0v) is 11.0. The lowest BCUT2D eigenvalue weighted by molar-refractivity contribution is 0.161. The van der Waals surface area contributed by atoms with Crippen molar-refractivity contribution in [2.75, 3.05) is 19.6 Å². The Hall–Kier alpha value is -0.0800. The van der Waals surface area contributed by atoms with E-state index < -0.39 is 0 Å². The standard InChI is InChI=1S/C13H28N2/c1-5-8-12(3)15-10-7-9-14-13(4,6-2)11-15/h12,14H,5-11H2,1-4H3. The molecule has 0 bridgehead atoms. The summed E-state index contributed by atoms with van der Waals surface area (Å²) in [6.07, 6.45) is 5.15. The molecule has 1 rings (SSSR count). The van der Waals surface area contributed by atoms with Crippen molar-refractivity contribution in [1.82, 2.24) is 10.2 Å². The van der Waals surface area contributed by atoms with Gasteiger partial charge in [0, 0.05) is 18.1 Å². The summed E-state index contributed by atoms with van der Waals surface area (Å²) in [5.74, 6) is 0. The second-order valence-electron chi connectivity index (χ2n) is 5.30. The van der Waals surface area contributed by atoms with Crippen LogP contribution in [-0.4, -0.2) is 36.1 Å². The van der Waals surface area contributed by atoms with Gasteiger partial charge in [0.15, 0.2) is 0 Å². The Balaban J connectivity index is 2.56. The molecule has 0 spiro atoms. The highest BCUT2D eigenvalue weighted by molar-refractivity contribution is 4.89. The van der Waals surface area contributed by atoms with Crippen molar-refractivity contribution in [3.8, 4) is 0 Å². The molecule has 15 heavy (non-hydrogen) atoms. The summed E-state index contributed by atoms with van der Waals surface area (Å²) in [6, 6.07) is 0.751. The molecule has 2 unspecified atom stereocenters. The topological polar surface area (TPSA) is 15.3 Å². The molecular weight excluding hydrogens is 184 g/mol. The summed E-state index contributed by atoms with van der Waals surface area (Å²) in [6.45, 7) is 13.0. The van der Waals surface area contributed by atoms with E-state index in [9.17, 15) is 0 Å². The van der Waals surface area contributed by atoms with E-state index in [2.05, 4.69) is 37.9 Å². The van der Waals surface area contributed by atoms with Gasteiger partial charge in [-0.25, -0.2) is 0 Å². The molecule has 0 aliphatic carbocycles. The van der Waals surface area contributed by atoms with Gasteiger partial charge in [0.25, 0.3) is 0 Å². The Morgan fingerprint density at radius 3 is 2.73 bits per heavy atom. The Morgan fingerprint density at radius 1 is 1.40 bits per heavy atom. The van der Waals surface area contributed by atoms with Crippen LogP contribution in [0.3, 0.4) is 0 Å². The van der Waals surface area contributed by atoms with Gasteiger partial charge in [-0.1, -0.05) is 20.3 Å². The molecule has 1 N–H and O–H groups in total. The molecule has 0 aromatic heterocycles. The highest BCUT2D eigenvalue weighted by atomic mass is 15.2. The van der Waals surface area contributed by atoms with E-state index in [0.717, 1.165) is 6.04 Å². The fraction of sp³-hybridized carbons (Fsp3) is 1.00. The summed E-state index contributed by atoms with van der Waals surface area (Å²) >= 11 is 0. The molecule has 0 aromatic rings. The van der Waals surface area contributed by atoms with Crippen molar-refractivity contribution >= 4 is 0 Å². The zero-order chi connectivity index (χ0) is 11.3. The quantitative estimate of drug-likeness (QED) is 0.770. The number of nitrogens with one attached hydrogen (secondary N) is 1. The number of hydrogen-bond acceptors (Lipinski definition) is 2. The summed E-state index contributed by atoms with van der Waals surface area (Å²) in [5.41, 5.74) is 0.332. The van der Waals surface area contributed by atoms with E-state index in [1.807, 2.05) is 0 Å². The molecule has 2 heteroatoms. The Kier molecular flexibility index (Phi) is 5.07. The first-order chi connectivity index (χ1) is 7.11. The molecule has 2 atom stereocenters.